The van der Waals surface area contributed by atoms with Crippen molar-refractivity contribution in [1.82, 2.24) is 20.4 Å². The Kier molecular flexibility index (Phi) is 7.66. The van der Waals surface area contributed by atoms with Gasteiger partial charge in [-0.05, 0) is 37.1 Å². The van der Waals surface area contributed by atoms with Crippen LogP contribution < -0.4 is 10.6 Å². The summed E-state index contributed by atoms with van der Waals surface area (Å²) in [7, 11) is 0. The summed E-state index contributed by atoms with van der Waals surface area (Å²) in [5.74, 6) is -0.690. The fourth-order valence-electron chi connectivity index (χ4n) is 3.94. The molecule has 10 heteroatoms. The molecule has 2 N–H and O–H groups in total. The maximum absolute atomic E-state index is 12.8. The molecule has 31 heavy (non-hydrogen) atoms. The second-order valence-corrected chi connectivity index (χ2v) is 8.02. The molecule has 0 saturated carbocycles. The lowest BCUT2D eigenvalue weighted by Crippen LogP contribution is -2.49. The van der Waals surface area contributed by atoms with Gasteiger partial charge in [0.2, 0.25) is 5.91 Å². The summed E-state index contributed by atoms with van der Waals surface area (Å²) in [6.45, 7) is 4.52. The van der Waals surface area contributed by atoms with Crippen LogP contribution >= 0.6 is 0 Å². The van der Waals surface area contributed by atoms with E-state index >= 15 is 0 Å². The molecule has 1 atom stereocenters. The van der Waals surface area contributed by atoms with Gasteiger partial charge in [0, 0.05) is 44.7 Å². The van der Waals surface area contributed by atoms with Crippen molar-refractivity contribution >= 4 is 17.6 Å². The highest BCUT2D eigenvalue weighted by atomic mass is 19.4. The number of piperazine rings is 1. The first-order valence-electron chi connectivity index (χ1n) is 10.4. The van der Waals surface area contributed by atoms with Crippen molar-refractivity contribution in [2.75, 3.05) is 52.4 Å². The molecule has 2 aliphatic rings. The predicted octanol–water partition coefficient (Wildman–Crippen LogP) is 1.15. The van der Waals surface area contributed by atoms with E-state index in [1.807, 2.05) is 9.80 Å². The highest BCUT2D eigenvalue weighted by Gasteiger charge is 2.31. The third-order valence-electron chi connectivity index (χ3n) is 5.61. The van der Waals surface area contributed by atoms with Crippen LogP contribution in [-0.4, -0.2) is 79.8 Å². The Labute approximate surface area is 178 Å². The third kappa shape index (κ3) is 6.76. The van der Waals surface area contributed by atoms with Gasteiger partial charge in [-0.3, -0.25) is 19.3 Å². The highest BCUT2D eigenvalue weighted by molar-refractivity contribution is 5.96. The molecule has 0 aromatic heterocycles. The number of nitrogens with one attached hydrogen (secondary N) is 2. The van der Waals surface area contributed by atoms with Gasteiger partial charge < -0.3 is 15.5 Å². The van der Waals surface area contributed by atoms with Crippen LogP contribution in [0, 0.1) is 5.92 Å². The first-order chi connectivity index (χ1) is 14.7. The molecule has 2 aliphatic heterocycles. The van der Waals surface area contributed by atoms with E-state index in [1.54, 1.807) is 0 Å². The number of hydrogen-bond acceptors (Lipinski definition) is 5. The van der Waals surface area contributed by atoms with Gasteiger partial charge in [0.15, 0.2) is 5.78 Å². The summed E-state index contributed by atoms with van der Waals surface area (Å²) in [4.78, 5) is 40.6. The number of carbonyl (C=O) groups is 3. The Hall–Kier alpha value is -2.46. The zero-order valence-corrected chi connectivity index (χ0v) is 17.2. The van der Waals surface area contributed by atoms with Crippen LogP contribution in [0.25, 0.3) is 0 Å². The number of rotatable bonds is 7. The van der Waals surface area contributed by atoms with Crippen molar-refractivity contribution in [3.8, 4) is 0 Å². The number of ketones is 1. The number of Topliss-reactive ketones (excluding diaryl/α,β-unsaturated/α-hetero) is 1. The summed E-state index contributed by atoms with van der Waals surface area (Å²) in [5, 5.41) is 5.61. The molecule has 0 radical (unpaired) electrons. The monoisotopic (exact) mass is 440 g/mol. The van der Waals surface area contributed by atoms with E-state index in [2.05, 4.69) is 10.6 Å². The molecule has 2 amide bonds. The molecule has 170 valence electrons. The molecule has 0 bridgehead atoms. The number of hydrogen-bond donors (Lipinski definition) is 2. The maximum atomic E-state index is 12.8. The molecule has 7 nitrogen and oxygen atoms in total. The zero-order valence-electron chi connectivity index (χ0n) is 17.2. The van der Waals surface area contributed by atoms with Gasteiger partial charge >= 0.3 is 6.18 Å². The second-order valence-electron chi connectivity index (χ2n) is 8.02. The Bertz CT molecular complexity index is 809. The van der Waals surface area contributed by atoms with Crippen LogP contribution in [0.1, 0.15) is 28.8 Å². The van der Waals surface area contributed by atoms with Gasteiger partial charge in [0.1, 0.15) is 0 Å². The second kappa shape index (κ2) is 10.2. The first kappa shape index (κ1) is 23.2. The van der Waals surface area contributed by atoms with E-state index in [0.29, 0.717) is 26.2 Å². The Balaban J connectivity index is 1.40. The van der Waals surface area contributed by atoms with Gasteiger partial charge in [-0.1, -0.05) is 6.07 Å². The summed E-state index contributed by atoms with van der Waals surface area (Å²) in [6.07, 6.45) is -3.48. The van der Waals surface area contributed by atoms with Crippen LogP contribution in [0.3, 0.4) is 0 Å². The van der Waals surface area contributed by atoms with Crippen LogP contribution in [0.5, 0.6) is 0 Å². The van der Waals surface area contributed by atoms with Crippen LogP contribution in [0.4, 0.5) is 13.2 Å². The molecular formula is C21H27F3N4O3. The molecule has 2 saturated heterocycles. The lowest BCUT2D eigenvalue weighted by molar-refractivity contribution is -0.137. The molecule has 0 aliphatic carbocycles. The normalized spacial score (nSPS) is 20.0. The van der Waals surface area contributed by atoms with Crippen molar-refractivity contribution in [3.63, 3.8) is 0 Å². The largest absolute Gasteiger partial charge is 0.416 e. The summed E-state index contributed by atoms with van der Waals surface area (Å²) < 4.78 is 38.3. The number of benzene rings is 1. The average molecular weight is 440 g/mol. The van der Waals surface area contributed by atoms with Crippen molar-refractivity contribution < 1.29 is 27.6 Å². The van der Waals surface area contributed by atoms with Gasteiger partial charge in [0.05, 0.1) is 18.7 Å². The molecule has 0 spiro atoms. The van der Waals surface area contributed by atoms with E-state index in [1.165, 1.54) is 6.07 Å². The number of carbonyl (C=O) groups excluding carboxylic acids is 3. The number of likely N-dealkylation sites (tertiary alicyclic amines) is 1. The molecule has 0 unspecified atom stereocenters. The Morgan fingerprint density at radius 2 is 1.87 bits per heavy atom. The number of amides is 2. The minimum absolute atomic E-state index is 0.0989. The van der Waals surface area contributed by atoms with E-state index in [9.17, 15) is 27.6 Å². The number of halogens is 3. The van der Waals surface area contributed by atoms with Crippen molar-refractivity contribution in [1.29, 1.82) is 0 Å². The van der Waals surface area contributed by atoms with Gasteiger partial charge in [-0.15, -0.1) is 0 Å². The topological polar surface area (TPSA) is 81.8 Å². The summed E-state index contributed by atoms with van der Waals surface area (Å²) in [5.41, 5.74) is -1.05. The zero-order chi connectivity index (χ0) is 22.4. The van der Waals surface area contributed by atoms with Crippen molar-refractivity contribution in [2.24, 2.45) is 5.92 Å². The standard InChI is InChI=1S/C21H27F3N4O3/c22-21(23,24)17-3-1-2-16(11-17)20(31)26-12-18(29)10-15-4-7-27(13-15)14-19(30)28-8-5-25-6-9-28/h1-3,11,15,25H,4-10,12-14H2,(H,26,31)/t15-/m0/s1. The molecule has 2 heterocycles. The van der Waals surface area contributed by atoms with E-state index in [4.69, 9.17) is 0 Å². The highest BCUT2D eigenvalue weighted by Crippen LogP contribution is 2.29. The first-order valence-corrected chi connectivity index (χ1v) is 10.4. The maximum Gasteiger partial charge on any atom is 0.416 e. The molecular weight excluding hydrogens is 413 g/mol. The minimum atomic E-state index is -4.53. The molecule has 1 aromatic carbocycles. The summed E-state index contributed by atoms with van der Waals surface area (Å²) >= 11 is 0. The van der Waals surface area contributed by atoms with Crippen LogP contribution in [0.2, 0.25) is 0 Å². The van der Waals surface area contributed by atoms with E-state index < -0.39 is 17.6 Å². The van der Waals surface area contributed by atoms with Crippen LogP contribution in [0.15, 0.2) is 24.3 Å². The molecule has 1 aromatic rings. The van der Waals surface area contributed by atoms with Crippen LogP contribution in [-0.2, 0) is 15.8 Å². The smallest absolute Gasteiger partial charge is 0.345 e. The Morgan fingerprint density at radius 3 is 2.58 bits per heavy atom. The minimum Gasteiger partial charge on any atom is -0.345 e. The fraction of sp³-hybridized carbons (Fsp3) is 0.571. The number of alkyl halides is 3. The quantitative estimate of drug-likeness (QED) is 0.665. The van der Waals surface area contributed by atoms with Crippen molar-refractivity contribution in [3.05, 3.63) is 35.4 Å². The number of nitrogens with zero attached hydrogens (tertiary/aromatic N) is 2. The predicted molar refractivity (Wildman–Crippen MR) is 107 cm³/mol. The lowest BCUT2D eigenvalue weighted by atomic mass is 10.0. The van der Waals surface area contributed by atoms with Gasteiger partial charge in [-0.25, -0.2) is 0 Å². The lowest BCUT2D eigenvalue weighted by Gasteiger charge is -2.29. The third-order valence-corrected chi connectivity index (χ3v) is 5.61. The van der Waals surface area contributed by atoms with Gasteiger partial charge in [-0.2, -0.15) is 13.2 Å². The molecule has 3 rings (SSSR count). The Morgan fingerprint density at radius 1 is 1.13 bits per heavy atom. The summed E-state index contributed by atoms with van der Waals surface area (Å²) in [6, 6.07) is 4.10. The fourth-order valence-corrected chi connectivity index (χ4v) is 3.94. The van der Waals surface area contributed by atoms with E-state index in [0.717, 1.165) is 44.3 Å². The average Bonchev–Trinajstić information content (AvgIpc) is 3.18. The van der Waals surface area contributed by atoms with E-state index in [-0.39, 0.29) is 36.1 Å². The SMILES string of the molecule is O=C(CNC(=O)c1cccc(C(F)(F)F)c1)C[C@@H]1CCN(CC(=O)N2CCNCC2)C1. The van der Waals surface area contributed by atoms with Crippen molar-refractivity contribution in [2.45, 2.75) is 19.0 Å². The molecule has 2 fully saturated rings. The van der Waals surface area contributed by atoms with Gasteiger partial charge in [0.25, 0.3) is 5.91 Å².